The number of benzene rings is 3. The molecule has 1 amide bonds. The fourth-order valence-corrected chi connectivity index (χ4v) is 3.11. The second-order valence-corrected chi connectivity index (χ2v) is 7.39. The van der Waals surface area contributed by atoms with Gasteiger partial charge in [0.05, 0.1) is 11.3 Å². The van der Waals surface area contributed by atoms with Gasteiger partial charge in [0.2, 0.25) is 15.9 Å². The van der Waals surface area contributed by atoms with E-state index >= 15 is 0 Å². The lowest BCUT2D eigenvalue weighted by molar-refractivity contribution is -0.120. The molecule has 3 aromatic carbocycles. The molecule has 6 heteroatoms. The highest BCUT2D eigenvalue weighted by molar-refractivity contribution is 7.89. The first-order valence-electron chi connectivity index (χ1n) is 7.78. The molecule has 25 heavy (non-hydrogen) atoms. The van der Waals surface area contributed by atoms with E-state index in [-0.39, 0.29) is 10.8 Å². The number of sulfonamides is 1. The number of amides is 1. The number of hydrogen-bond acceptors (Lipinski definition) is 3. The Morgan fingerprint density at radius 1 is 0.880 bits per heavy atom. The van der Waals surface area contributed by atoms with Gasteiger partial charge in [-0.2, -0.15) is 0 Å². The van der Waals surface area contributed by atoms with Crippen LogP contribution in [-0.4, -0.2) is 14.3 Å². The van der Waals surface area contributed by atoms with Gasteiger partial charge in [-0.15, -0.1) is 0 Å². The van der Waals surface area contributed by atoms with Crippen LogP contribution in [0.25, 0.3) is 10.8 Å². The predicted octanol–water partition coefficient (Wildman–Crippen LogP) is 2.35. The van der Waals surface area contributed by atoms with Crippen molar-refractivity contribution in [3.05, 3.63) is 77.9 Å². The van der Waals surface area contributed by atoms with Gasteiger partial charge in [0.25, 0.3) is 0 Å². The fourth-order valence-electron chi connectivity index (χ4n) is 2.59. The molecule has 0 radical (unpaired) electrons. The van der Waals surface area contributed by atoms with Gasteiger partial charge in [0, 0.05) is 6.54 Å². The maximum atomic E-state index is 12.1. The number of hydrogen-bond donors (Lipinski definition) is 2. The van der Waals surface area contributed by atoms with Crippen molar-refractivity contribution in [3.8, 4) is 0 Å². The molecule has 3 N–H and O–H groups in total. The molecule has 0 bridgehead atoms. The predicted molar refractivity (Wildman–Crippen MR) is 97.3 cm³/mol. The molecule has 0 aliphatic carbocycles. The molecular formula is C19H18N2O3S. The van der Waals surface area contributed by atoms with Crippen molar-refractivity contribution in [2.45, 2.75) is 17.9 Å². The topological polar surface area (TPSA) is 89.3 Å². The molecule has 0 aliphatic rings. The quantitative estimate of drug-likeness (QED) is 0.737. The number of fused-ring (bicyclic) bond motifs is 1. The maximum absolute atomic E-state index is 12.1. The minimum absolute atomic E-state index is 0.0544. The van der Waals surface area contributed by atoms with Gasteiger partial charge in [-0.3, -0.25) is 4.79 Å². The van der Waals surface area contributed by atoms with Crippen LogP contribution in [-0.2, 0) is 27.8 Å². The van der Waals surface area contributed by atoms with Crippen LogP contribution in [0.5, 0.6) is 0 Å². The second-order valence-electron chi connectivity index (χ2n) is 5.82. The molecule has 3 aromatic rings. The van der Waals surface area contributed by atoms with Crippen LogP contribution in [0.2, 0.25) is 0 Å². The summed E-state index contributed by atoms with van der Waals surface area (Å²) in [6.45, 7) is 0.331. The number of rotatable bonds is 5. The van der Waals surface area contributed by atoms with Gasteiger partial charge >= 0.3 is 0 Å². The molecule has 0 aromatic heterocycles. The number of primary sulfonamides is 1. The summed E-state index contributed by atoms with van der Waals surface area (Å²) < 4.78 is 22.4. The van der Waals surface area contributed by atoms with E-state index in [1.165, 1.54) is 12.1 Å². The summed E-state index contributed by atoms with van der Waals surface area (Å²) in [4.78, 5) is 12.2. The Morgan fingerprint density at radius 2 is 1.52 bits per heavy atom. The molecule has 3 rings (SSSR count). The van der Waals surface area contributed by atoms with Crippen LogP contribution in [0.3, 0.4) is 0 Å². The van der Waals surface area contributed by atoms with Gasteiger partial charge < -0.3 is 5.32 Å². The Balaban J connectivity index is 1.60. The van der Waals surface area contributed by atoms with Crippen LogP contribution >= 0.6 is 0 Å². The molecule has 0 aliphatic heterocycles. The second kappa shape index (κ2) is 7.04. The monoisotopic (exact) mass is 354 g/mol. The van der Waals surface area contributed by atoms with Gasteiger partial charge in [-0.1, -0.05) is 54.6 Å². The lowest BCUT2D eigenvalue weighted by atomic mass is 10.0. The lowest BCUT2D eigenvalue weighted by Crippen LogP contribution is -2.24. The average molecular weight is 354 g/mol. The van der Waals surface area contributed by atoms with E-state index in [1.54, 1.807) is 12.1 Å². The van der Waals surface area contributed by atoms with Crippen molar-refractivity contribution >= 4 is 26.7 Å². The van der Waals surface area contributed by atoms with Crippen molar-refractivity contribution in [1.29, 1.82) is 0 Å². The van der Waals surface area contributed by atoms with E-state index in [0.29, 0.717) is 13.0 Å². The number of carbonyl (C=O) groups is 1. The highest BCUT2D eigenvalue weighted by Crippen LogP contribution is 2.16. The molecule has 0 spiro atoms. The first-order valence-corrected chi connectivity index (χ1v) is 9.32. The average Bonchev–Trinajstić information content (AvgIpc) is 2.59. The smallest absolute Gasteiger partial charge is 0.238 e. The summed E-state index contributed by atoms with van der Waals surface area (Å²) in [5, 5.41) is 10.1. The molecule has 128 valence electrons. The lowest BCUT2D eigenvalue weighted by Gasteiger charge is -2.07. The highest BCUT2D eigenvalue weighted by Gasteiger charge is 2.08. The molecular weight excluding hydrogens is 336 g/mol. The number of nitrogens with one attached hydrogen (secondary N) is 1. The van der Waals surface area contributed by atoms with E-state index in [2.05, 4.69) is 5.32 Å². The zero-order chi connectivity index (χ0) is 17.9. The van der Waals surface area contributed by atoms with E-state index in [9.17, 15) is 13.2 Å². The van der Waals surface area contributed by atoms with E-state index in [4.69, 9.17) is 5.14 Å². The van der Waals surface area contributed by atoms with Crippen molar-refractivity contribution in [1.82, 2.24) is 5.32 Å². The molecule has 0 unspecified atom stereocenters. The highest BCUT2D eigenvalue weighted by atomic mass is 32.2. The van der Waals surface area contributed by atoms with Crippen LogP contribution in [0, 0.1) is 0 Å². The summed E-state index contributed by atoms with van der Waals surface area (Å²) in [7, 11) is -3.70. The molecule has 0 atom stereocenters. The first-order chi connectivity index (χ1) is 11.9. The van der Waals surface area contributed by atoms with Gasteiger partial charge in [-0.25, -0.2) is 13.6 Å². The Kier molecular flexibility index (Phi) is 4.83. The van der Waals surface area contributed by atoms with Crippen molar-refractivity contribution in [2.75, 3.05) is 0 Å². The van der Waals surface area contributed by atoms with E-state index < -0.39 is 10.0 Å². The molecule has 0 fully saturated rings. The van der Waals surface area contributed by atoms with Crippen molar-refractivity contribution in [3.63, 3.8) is 0 Å². The maximum Gasteiger partial charge on any atom is 0.238 e. The molecule has 5 nitrogen and oxygen atoms in total. The van der Waals surface area contributed by atoms with E-state index in [0.717, 1.165) is 21.9 Å². The van der Waals surface area contributed by atoms with Crippen LogP contribution < -0.4 is 10.5 Å². The number of carbonyl (C=O) groups excluding carboxylic acids is 1. The van der Waals surface area contributed by atoms with Crippen molar-refractivity contribution in [2.24, 2.45) is 5.14 Å². The Morgan fingerprint density at radius 3 is 2.20 bits per heavy atom. The Hall–Kier alpha value is -2.70. The van der Waals surface area contributed by atoms with Gasteiger partial charge in [0.15, 0.2) is 0 Å². The Bertz CT molecular complexity index is 1010. The van der Waals surface area contributed by atoms with Crippen LogP contribution in [0.4, 0.5) is 0 Å². The third kappa shape index (κ3) is 4.43. The fraction of sp³-hybridized carbons (Fsp3) is 0.105. The number of nitrogens with two attached hydrogens (primary N) is 1. The summed E-state index contributed by atoms with van der Waals surface area (Å²) >= 11 is 0. The van der Waals surface area contributed by atoms with Crippen LogP contribution in [0.1, 0.15) is 11.1 Å². The molecule has 0 saturated heterocycles. The largest absolute Gasteiger partial charge is 0.352 e. The third-order valence-corrected chi connectivity index (χ3v) is 4.85. The van der Waals surface area contributed by atoms with E-state index in [1.807, 2.05) is 42.5 Å². The Labute approximate surface area is 146 Å². The summed E-state index contributed by atoms with van der Waals surface area (Å²) in [5.74, 6) is -0.0918. The first kappa shape index (κ1) is 17.1. The normalized spacial score (nSPS) is 11.4. The minimum atomic E-state index is -3.70. The summed E-state index contributed by atoms with van der Waals surface area (Å²) in [6.07, 6.45) is 0.292. The van der Waals surface area contributed by atoms with Crippen LogP contribution in [0.15, 0.2) is 71.6 Å². The zero-order valence-corrected chi connectivity index (χ0v) is 14.3. The van der Waals surface area contributed by atoms with Crippen molar-refractivity contribution < 1.29 is 13.2 Å². The third-order valence-electron chi connectivity index (χ3n) is 3.92. The summed E-state index contributed by atoms with van der Waals surface area (Å²) in [6, 6.07) is 20.1. The van der Waals surface area contributed by atoms with Gasteiger partial charge in [-0.05, 0) is 34.0 Å². The SMILES string of the molecule is NS(=O)(=O)c1ccc(CNC(=O)Cc2ccc3ccccc3c2)cc1. The standard InChI is InChI=1S/C19H18N2O3S/c20-25(23,24)18-9-6-14(7-10-18)13-21-19(22)12-15-5-8-16-3-1-2-4-17(16)11-15/h1-11H,12-13H2,(H,21,22)(H2,20,23,24). The van der Waals surface area contributed by atoms with Gasteiger partial charge in [0.1, 0.15) is 0 Å². The zero-order valence-electron chi connectivity index (χ0n) is 13.5. The molecule has 0 saturated carbocycles. The molecule has 0 heterocycles. The summed E-state index contributed by atoms with van der Waals surface area (Å²) in [5.41, 5.74) is 1.75. The minimum Gasteiger partial charge on any atom is -0.352 e.